The summed E-state index contributed by atoms with van der Waals surface area (Å²) in [6.07, 6.45) is 9.72. The van der Waals surface area contributed by atoms with Gasteiger partial charge in [-0.25, -0.2) is 9.79 Å². The number of nitrogens with zero attached hydrogens (tertiary/aromatic N) is 1. The van der Waals surface area contributed by atoms with E-state index in [2.05, 4.69) is 4.99 Å². The molecule has 0 amide bonds. The normalized spacial score (nSPS) is 40.2. The molecule has 0 aromatic rings. The molecular formula is C10H15NO. The zero-order chi connectivity index (χ0) is 8.39. The van der Waals surface area contributed by atoms with E-state index in [1.54, 1.807) is 6.08 Å². The minimum atomic E-state index is 0.362. The van der Waals surface area contributed by atoms with Crippen LogP contribution < -0.4 is 0 Å². The van der Waals surface area contributed by atoms with Crippen LogP contribution in [0.3, 0.4) is 0 Å². The Morgan fingerprint density at radius 1 is 1.00 bits per heavy atom. The molecule has 0 spiro atoms. The van der Waals surface area contributed by atoms with Crippen LogP contribution in [-0.4, -0.2) is 12.1 Å². The fourth-order valence-electron chi connectivity index (χ4n) is 2.56. The van der Waals surface area contributed by atoms with Gasteiger partial charge in [0.2, 0.25) is 6.08 Å². The number of hydrogen-bond donors (Lipinski definition) is 0. The summed E-state index contributed by atoms with van der Waals surface area (Å²) >= 11 is 0. The van der Waals surface area contributed by atoms with Crippen LogP contribution in [0.25, 0.3) is 0 Å². The van der Waals surface area contributed by atoms with E-state index in [0.717, 1.165) is 11.8 Å². The molecule has 2 heteroatoms. The molecule has 66 valence electrons. The van der Waals surface area contributed by atoms with Gasteiger partial charge < -0.3 is 0 Å². The van der Waals surface area contributed by atoms with E-state index in [1.807, 2.05) is 0 Å². The monoisotopic (exact) mass is 165 g/mol. The van der Waals surface area contributed by atoms with Crippen LogP contribution in [0.4, 0.5) is 0 Å². The van der Waals surface area contributed by atoms with Crippen molar-refractivity contribution in [2.24, 2.45) is 16.8 Å². The van der Waals surface area contributed by atoms with Crippen LogP contribution in [-0.2, 0) is 4.79 Å². The summed E-state index contributed by atoms with van der Waals surface area (Å²) < 4.78 is 0. The van der Waals surface area contributed by atoms with Crippen molar-refractivity contribution < 1.29 is 4.79 Å². The van der Waals surface area contributed by atoms with Gasteiger partial charge in [0.05, 0.1) is 6.04 Å². The van der Waals surface area contributed by atoms with Crippen molar-refractivity contribution in [3.8, 4) is 0 Å². The highest BCUT2D eigenvalue weighted by Crippen LogP contribution is 2.49. The van der Waals surface area contributed by atoms with E-state index < -0.39 is 0 Å². The molecule has 2 rings (SSSR count). The molecule has 2 fully saturated rings. The maximum absolute atomic E-state index is 10.1. The SMILES string of the molecule is O=C=NC1C2CCCCCCC21. The Hall–Kier alpha value is -0.620. The average Bonchev–Trinajstić information content (AvgIpc) is 2.61. The van der Waals surface area contributed by atoms with E-state index in [4.69, 9.17) is 0 Å². The summed E-state index contributed by atoms with van der Waals surface area (Å²) in [5.41, 5.74) is 0. The summed E-state index contributed by atoms with van der Waals surface area (Å²) in [5.74, 6) is 1.48. The van der Waals surface area contributed by atoms with E-state index in [-0.39, 0.29) is 0 Å². The minimum absolute atomic E-state index is 0.362. The number of hydrogen-bond acceptors (Lipinski definition) is 2. The Bertz CT molecular complexity index is 194. The first-order valence-corrected chi connectivity index (χ1v) is 5.00. The molecule has 2 nitrogen and oxygen atoms in total. The summed E-state index contributed by atoms with van der Waals surface area (Å²) in [6, 6.07) is 0.362. The topological polar surface area (TPSA) is 29.4 Å². The van der Waals surface area contributed by atoms with E-state index >= 15 is 0 Å². The molecule has 2 saturated carbocycles. The number of fused-ring (bicyclic) bond motifs is 1. The number of aliphatic imine (C=N–C) groups is 1. The fourth-order valence-corrected chi connectivity index (χ4v) is 2.56. The molecule has 0 heterocycles. The van der Waals surface area contributed by atoms with Crippen molar-refractivity contribution >= 4 is 6.08 Å². The lowest BCUT2D eigenvalue weighted by Crippen LogP contribution is -1.90. The van der Waals surface area contributed by atoms with E-state index in [1.165, 1.54) is 38.5 Å². The van der Waals surface area contributed by atoms with Gasteiger partial charge in [0.15, 0.2) is 0 Å². The lowest BCUT2D eigenvalue weighted by molar-refractivity contribution is 0.485. The smallest absolute Gasteiger partial charge is 0.211 e. The lowest BCUT2D eigenvalue weighted by atomic mass is 10.0. The molecule has 2 aliphatic rings. The zero-order valence-electron chi connectivity index (χ0n) is 7.33. The number of isocyanates is 1. The van der Waals surface area contributed by atoms with Gasteiger partial charge in [0.1, 0.15) is 0 Å². The van der Waals surface area contributed by atoms with Crippen LogP contribution in [0.1, 0.15) is 38.5 Å². The van der Waals surface area contributed by atoms with Gasteiger partial charge in [0, 0.05) is 0 Å². The van der Waals surface area contributed by atoms with Gasteiger partial charge in [-0.05, 0) is 24.7 Å². The van der Waals surface area contributed by atoms with Gasteiger partial charge in [-0.1, -0.05) is 25.7 Å². The van der Waals surface area contributed by atoms with Crippen molar-refractivity contribution in [1.29, 1.82) is 0 Å². The predicted octanol–water partition coefficient (Wildman–Crippen LogP) is 2.29. The number of carbonyl (C=O) groups excluding carboxylic acids is 1. The molecule has 0 bridgehead atoms. The van der Waals surface area contributed by atoms with Gasteiger partial charge in [-0.3, -0.25) is 0 Å². The maximum Gasteiger partial charge on any atom is 0.235 e. The van der Waals surface area contributed by atoms with Crippen molar-refractivity contribution in [1.82, 2.24) is 0 Å². The van der Waals surface area contributed by atoms with Crippen LogP contribution in [0.2, 0.25) is 0 Å². The van der Waals surface area contributed by atoms with Gasteiger partial charge in [-0.15, -0.1) is 0 Å². The summed E-state index contributed by atoms with van der Waals surface area (Å²) in [5, 5.41) is 0. The second-order valence-electron chi connectivity index (χ2n) is 4.03. The summed E-state index contributed by atoms with van der Waals surface area (Å²) in [7, 11) is 0. The largest absolute Gasteiger partial charge is 0.235 e. The Kier molecular flexibility index (Phi) is 2.27. The molecule has 0 aliphatic heterocycles. The molecular weight excluding hydrogens is 150 g/mol. The quantitative estimate of drug-likeness (QED) is 0.433. The van der Waals surface area contributed by atoms with Crippen LogP contribution in [0.5, 0.6) is 0 Å². The van der Waals surface area contributed by atoms with Crippen molar-refractivity contribution in [3.63, 3.8) is 0 Å². The van der Waals surface area contributed by atoms with Crippen LogP contribution in [0, 0.1) is 11.8 Å². The maximum atomic E-state index is 10.1. The Labute approximate surface area is 73.1 Å². The molecule has 2 unspecified atom stereocenters. The molecule has 0 radical (unpaired) electrons. The van der Waals surface area contributed by atoms with E-state index in [9.17, 15) is 4.79 Å². The third-order valence-electron chi connectivity index (χ3n) is 3.31. The standard InChI is InChI=1S/C10H15NO/c12-7-11-10-8-5-3-1-2-4-6-9(8)10/h8-10H,1-6H2. The highest BCUT2D eigenvalue weighted by Gasteiger charge is 2.49. The lowest BCUT2D eigenvalue weighted by Gasteiger charge is -2.04. The molecule has 0 aromatic carbocycles. The minimum Gasteiger partial charge on any atom is -0.211 e. The highest BCUT2D eigenvalue weighted by molar-refractivity contribution is 5.35. The second-order valence-corrected chi connectivity index (χ2v) is 4.03. The zero-order valence-corrected chi connectivity index (χ0v) is 7.33. The van der Waals surface area contributed by atoms with Crippen molar-refractivity contribution in [2.45, 2.75) is 44.6 Å². The van der Waals surface area contributed by atoms with Crippen molar-refractivity contribution in [2.75, 3.05) is 0 Å². The Morgan fingerprint density at radius 3 is 2.08 bits per heavy atom. The predicted molar refractivity (Wildman–Crippen MR) is 46.6 cm³/mol. The average molecular weight is 165 g/mol. The number of rotatable bonds is 1. The molecule has 2 aliphatic carbocycles. The highest BCUT2D eigenvalue weighted by atomic mass is 16.1. The molecule has 0 saturated heterocycles. The van der Waals surface area contributed by atoms with Crippen LogP contribution >= 0.6 is 0 Å². The summed E-state index contributed by atoms with van der Waals surface area (Å²) in [6.45, 7) is 0. The second kappa shape index (κ2) is 3.40. The fraction of sp³-hybridized carbons (Fsp3) is 0.900. The first kappa shape index (κ1) is 8.00. The van der Waals surface area contributed by atoms with E-state index in [0.29, 0.717) is 6.04 Å². The van der Waals surface area contributed by atoms with Crippen molar-refractivity contribution in [3.05, 3.63) is 0 Å². The molecule has 0 N–H and O–H groups in total. The third kappa shape index (κ3) is 1.44. The first-order valence-electron chi connectivity index (χ1n) is 5.00. The van der Waals surface area contributed by atoms with Gasteiger partial charge in [0.25, 0.3) is 0 Å². The molecule has 12 heavy (non-hydrogen) atoms. The van der Waals surface area contributed by atoms with Gasteiger partial charge in [-0.2, -0.15) is 0 Å². The molecule has 2 atom stereocenters. The summed E-state index contributed by atoms with van der Waals surface area (Å²) in [4.78, 5) is 13.9. The Morgan fingerprint density at radius 2 is 1.58 bits per heavy atom. The van der Waals surface area contributed by atoms with Crippen LogP contribution in [0.15, 0.2) is 4.99 Å². The Balaban J connectivity index is 1.92. The van der Waals surface area contributed by atoms with Gasteiger partial charge >= 0.3 is 0 Å². The molecule has 0 aromatic heterocycles. The third-order valence-corrected chi connectivity index (χ3v) is 3.31. The first-order chi connectivity index (χ1) is 5.93.